The molecule has 4 heterocycles. The van der Waals surface area contributed by atoms with Crippen LogP contribution in [-0.2, 0) is 16.0 Å². The van der Waals surface area contributed by atoms with Gasteiger partial charge in [0, 0.05) is 62.9 Å². The molecule has 2 aromatic rings. The molecule has 0 bridgehead atoms. The van der Waals surface area contributed by atoms with Gasteiger partial charge in [-0.3, -0.25) is 19.9 Å². The van der Waals surface area contributed by atoms with Crippen molar-refractivity contribution in [3.05, 3.63) is 52.5 Å². The maximum atomic E-state index is 13.8. The van der Waals surface area contributed by atoms with Gasteiger partial charge in [0.25, 0.3) is 5.69 Å². The zero-order chi connectivity index (χ0) is 23.1. The molecule has 1 aromatic heterocycles. The van der Waals surface area contributed by atoms with E-state index in [-0.39, 0.29) is 40.7 Å². The van der Waals surface area contributed by atoms with E-state index < -0.39 is 0 Å². The number of non-ortho nitro benzene ring substituents is 1. The lowest BCUT2D eigenvalue weighted by molar-refractivity contribution is -0.384. The number of anilines is 2. The Hall–Kier alpha value is -3.27. The van der Waals surface area contributed by atoms with Gasteiger partial charge in [0.1, 0.15) is 5.82 Å². The molecular formula is C23H28N6O4. The third kappa shape index (κ3) is 4.10. The first-order valence-corrected chi connectivity index (χ1v) is 11.4. The van der Waals surface area contributed by atoms with Gasteiger partial charge in [0.2, 0.25) is 5.91 Å². The lowest BCUT2D eigenvalue weighted by Gasteiger charge is -2.50. The molecule has 4 atom stereocenters. The van der Waals surface area contributed by atoms with Crippen LogP contribution in [0, 0.1) is 16.0 Å². The highest BCUT2D eigenvalue weighted by molar-refractivity contribution is 5.83. The van der Waals surface area contributed by atoms with Crippen molar-refractivity contribution in [2.45, 2.75) is 38.5 Å². The van der Waals surface area contributed by atoms with Crippen molar-refractivity contribution in [3.8, 4) is 0 Å². The second kappa shape index (κ2) is 8.58. The maximum Gasteiger partial charge on any atom is 0.269 e. The number of rotatable bonds is 3. The second-order valence-corrected chi connectivity index (χ2v) is 9.15. The van der Waals surface area contributed by atoms with E-state index in [9.17, 15) is 14.9 Å². The summed E-state index contributed by atoms with van der Waals surface area (Å²) in [5.41, 5.74) is 1.91. The Morgan fingerprint density at radius 2 is 1.94 bits per heavy atom. The summed E-state index contributed by atoms with van der Waals surface area (Å²) < 4.78 is 5.83. The Kier molecular flexibility index (Phi) is 5.61. The normalized spacial score (nSPS) is 27.0. The number of benzene rings is 1. The number of hydrogen-bond acceptors (Lipinski definition) is 8. The highest BCUT2D eigenvalue weighted by atomic mass is 16.6. The van der Waals surface area contributed by atoms with E-state index in [1.165, 1.54) is 0 Å². The quantitative estimate of drug-likeness (QED) is 0.514. The Morgan fingerprint density at radius 3 is 2.64 bits per heavy atom. The number of morpholine rings is 1. The largest absolute Gasteiger partial charge is 0.372 e. The molecule has 10 heteroatoms. The molecule has 0 spiro atoms. The third-order valence-electron chi connectivity index (χ3n) is 6.83. The molecule has 2 saturated heterocycles. The minimum atomic E-state index is -0.374. The first-order chi connectivity index (χ1) is 15.9. The van der Waals surface area contributed by atoms with Crippen molar-refractivity contribution < 1.29 is 14.5 Å². The zero-order valence-electron chi connectivity index (χ0n) is 18.8. The van der Waals surface area contributed by atoms with Crippen LogP contribution in [0.5, 0.6) is 0 Å². The average molecular weight is 453 g/mol. The van der Waals surface area contributed by atoms with Crippen molar-refractivity contribution in [1.29, 1.82) is 0 Å². The number of nitro benzene ring substituents is 1. The molecule has 1 amide bonds. The number of amides is 1. The maximum absolute atomic E-state index is 13.8. The van der Waals surface area contributed by atoms with Crippen molar-refractivity contribution >= 4 is 23.1 Å². The van der Waals surface area contributed by atoms with E-state index in [1.807, 2.05) is 24.8 Å². The number of nitro groups is 1. The molecule has 0 N–H and O–H groups in total. The van der Waals surface area contributed by atoms with Crippen molar-refractivity contribution in [2.24, 2.45) is 5.92 Å². The van der Waals surface area contributed by atoms with Crippen LogP contribution in [0.3, 0.4) is 0 Å². The number of carbonyl (C=O) groups is 1. The van der Waals surface area contributed by atoms with Crippen LogP contribution in [-0.4, -0.2) is 76.7 Å². The van der Waals surface area contributed by atoms with Crippen LogP contribution in [0.1, 0.15) is 19.4 Å². The summed E-state index contributed by atoms with van der Waals surface area (Å²) in [6.07, 6.45) is 5.51. The highest BCUT2D eigenvalue weighted by Gasteiger charge is 2.44. The van der Waals surface area contributed by atoms with Gasteiger partial charge < -0.3 is 19.4 Å². The Morgan fingerprint density at radius 1 is 1.15 bits per heavy atom. The van der Waals surface area contributed by atoms with Crippen LogP contribution >= 0.6 is 0 Å². The number of aromatic nitrogens is 2. The van der Waals surface area contributed by atoms with E-state index in [0.29, 0.717) is 32.6 Å². The van der Waals surface area contributed by atoms with Gasteiger partial charge in [0.05, 0.1) is 35.3 Å². The van der Waals surface area contributed by atoms with Crippen LogP contribution in [0.25, 0.3) is 0 Å². The van der Waals surface area contributed by atoms with Gasteiger partial charge in [-0.15, -0.1) is 0 Å². The van der Waals surface area contributed by atoms with E-state index in [0.717, 1.165) is 23.6 Å². The Bertz CT molecular complexity index is 1040. The van der Waals surface area contributed by atoms with E-state index in [4.69, 9.17) is 4.74 Å². The summed E-state index contributed by atoms with van der Waals surface area (Å²) in [6.45, 7) is 7.16. The molecule has 174 valence electrons. The van der Waals surface area contributed by atoms with E-state index in [1.54, 1.807) is 30.7 Å². The number of nitrogens with zero attached hydrogens (tertiary/aromatic N) is 6. The topological polar surface area (TPSA) is 105 Å². The summed E-state index contributed by atoms with van der Waals surface area (Å²) in [5.74, 6) is 0.577. The fourth-order valence-electron chi connectivity index (χ4n) is 5.46. The van der Waals surface area contributed by atoms with Crippen LogP contribution in [0.4, 0.5) is 17.2 Å². The second-order valence-electron chi connectivity index (χ2n) is 9.15. The summed E-state index contributed by atoms with van der Waals surface area (Å²) in [7, 11) is 0. The van der Waals surface area contributed by atoms with Crippen LogP contribution < -0.4 is 9.80 Å². The predicted octanol–water partition coefficient (Wildman–Crippen LogP) is 1.89. The molecule has 3 aliphatic rings. The molecule has 2 fully saturated rings. The van der Waals surface area contributed by atoms with E-state index >= 15 is 0 Å². The summed E-state index contributed by atoms with van der Waals surface area (Å²) >= 11 is 0. The number of ether oxygens (including phenoxy) is 1. The van der Waals surface area contributed by atoms with Crippen molar-refractivity contribution in [3.63, 3.8) is 0 Å². The van der Waals surface area contributed by atoms with Gasteiger partial charge >= 0.3 is 0 Å². The van der Waals surface area contributed by atoms with E-state index in [2.05, 4.69) is 19.8 Å². The van der Waals surface area contributed by atoms with Crippen molar-refractivity contribution in [2.75, 3.05) is 42.5 Å². The smallest absolute Gasteiger partial charge is 0.269 e. The lowest BCUT2D eigenvalue weighted by atomic mass is 9.82. The minimum absolute atomic E-state index is 0.0202. The Labute approximate surface area is 192 Å². The summed E-state index contributed by atoms with van der Waals surface area (Å²) in [5, 5.41) is 11.4. The van der Waals surface area contributed by atoms with Crippen LogP contribution in [0.2, 0.25) is 0 Å². The molecule has 33 heavy (non-hydrogen) atoms. The van der Waals surface area contributed by atoms with Gasteiger partial charge in [-0.25, -0.2) is 4.98 Å². The average Bonchev–Trinajstić information content (AvgIpc) is 2.82. The fourth-order valence-corrected chi connectivity index (χ4v) is 5.46. The van der Waals surface area contributed by atoms with Gasteiger partial charge in [-0.05, 0) is 31.9 Å². The lowest BCUT2D eigenvalue weighted by Crippen LogP contribution is -2.62. The van der Waals surface area contributed by atoms with Crippen LogP contribution in [0.15, 0.2) is 36.8 Å². The number of piperazine rings is 1. The highest BCUT2D eigenvalue weighted by Crippen LogP contribution is 2.39. The molecule has 0 aliphatic carbocycles. The predicted molar refractivity (Wildman–Crippen MR) is 122 cm³/mol. The zero-order valence-corrected chi connectivity index (χ0v) is 18.8. The third-order valence-corrected chi connectivity index (χ3v) is 6.83. The van der Waals surface area contributed by atoms with Gasteiger partial charge in [-0.1, -0.05) is 0 Å². The molecule has 3 aliphatic heterocycles. The minimum Gasteiger partial charge on any atom is -0.372 e. The monoisotopic (exact) mass is 452 g/mol. The SMILES string of the molecule is C[C@@H]1CN(C(=O)[C@@H]2Cc3cc([N+](=O)[O-])ccc3N3CCN(c4cnccn4)C[C@H]23)C[C@@H](C)O1. The summed E-state index contributed by atoms with van der Waals surface area (Å²) in [4.78, 5) is 39.8. The van der Waals surface area contributed by atoms with Gasteiger partial charge in [0.15, 0.2) is 0 Å². The first-order valence-electron chi connectivity index (χ1n) is 11.4. The molecule has 0 radical (unpaired) electrons. The molecule has 0 saturated carbocycles. The number of fused-ring (bicyclic) bond motifs is 3. The molecule has 10 nitrogen and oxygen atoms in total. The van der Waals surface area contributed by atoms with Gasteiger partial charge in [-0.2, -0.15) is 0 Å². The molecule has 0 unspecified atom stereocenters. The molecule has 1 aromatic carbocycles. The number of carbonyl (C=O) groups excluding carboxylic acids is 1. The molecule has 5 rings (SSSR count). The van der Waals surface area contributed by atoms with Crippen molar-refractivity contribution in [1.82, 2.24) is 14.9 Å². The standard InChI is InChI=1S/C23H28N6O4/c1-15-12-27(13-16(2)33-15)23(30)19-10-17-9-18(29(31)32)3-4-20(17)28-8-7-26(14-21(19)28)22-11-24-5-6-25-22/h3-6,9,11,15-16,19,21H,7-8,10,12-14H2,1-2H3/t15-,16-,19-,21-/m1/s1. The summed E-state index contributed by atoms with van der Waals surface area (Å²) in [6, 6.07) is 4.96. The molecular weight excluding hydrogens is 424 g/mol. The fraction of sp³-hybridized carbons (Fsp3) is 0.522. The first kappa shape index (κ1) is 21.6. The Balaban J connectivity index is 1.49. The number of hydrogen-bond donors (Lipinski definition) is 0.